The van der Waals surface area contributed by atoms with Crippen LogP contribution in [-0.4, -0.2) is 32.1 Å². The monoisotopic (exact) mass is 528 g/mol. The third kappa shape index (κ3) is 5.89. The van der Waals surface area contributed by atoms with Crippen LogP contribution in [0.15, 0.2) is 99.6 Å². The summed E-state index contributed by atoms with van der Waals surface area (Å²) in [6, 6.07) is 19.3. The molecule has 0 atom stereocenters. The lowest BCUT2D eigenvalue weighted by Crippen LogP contribution is -2.39. The zero-order valence-corrected chi connectivity index (χ0v) is 20.3. The summed E-state index contributed by atoms with van der Waals surface area (Å²) in [6.45, 7) is -0.510. The lowest BCUT2D eigenvalue weighted by Gasteiger charge is -2.23. The minimum atomic E-state index is -4.02. The normalized spacial score (nSPS) is 11.5. The van der Waals surface area contributed by atoms with Gasteiger partial charge in [0.05, 0.1) is 28.0 Å². The number of furan rings is 1. The van der Waals surface area contributed by atoms with Crippen molar-refractivity contribution in [2.75, 3.05) is 10.8 Å². The first kappa shape index (κ1) is 24.5. The molecule has 0 fully saturated rings. The molecule has 1 N–H and O–H groups in total. The van der Waals surface area contributed by atoms with Crippen molar-refractivity contribution in [2.45, 2.75) is 4.90 Å². The topological polar surface area (TPSA) is 105 Å². The summed E-state index contributed by atoms with van der Waals surface area (Å²) in [5.74, 6) is 0.195. The number of carbonyl (C=O) groups is 1. The van der Waals surface area contributed by atoms with E-state index >= 15 is 0 Å². The van der Waals surface area contributed by atoms with E-state index in [9.17, 15) is 13.2 Å². The van der Waals surface area contributed by atoms with Crippen molar-refractivity contribution in [3.63, 3.8) is 0 Å². The molecule has 178 valence electrons. The van der Waals surface area contributed by atoms with Gasteiger partial charge in [0.15, 0.2) is 0 Å². The second kappa shape index (κ2) is 10.7. The summed E-state index contributed by atoms with van der Waals surface area (Å²) in [5, 5.41) is 4.81. The summed E-state index contributed by atoms with van der Waals surface area (Å²) in [6.07, 6.45) is 4.17. The van der Waals surface area contributed by atoms with E-state index in [1.54, 1.807) is 60.7 Å². The highest BCUT2D eigenvalue weighted by Crippen LogP contribution is 2.31. The molecule has 4 aromatic rings. The van der Waals surface area contributed by atoms with Crippen LogP contribution in [0, 0.1) is 0 Å². The third-order valence-electron chi connectivity index (χ3n) is 4.76. The number of benzene rings is 2. The number of rotatable bonds is 8. The zero-order valence-electron chi connectivity index (χ0n) is 18.0. The molecule has 0 spiro atoms. The Hall–Kier alpha value is -3.66. The van der Waals surface area contributed by atoms with E-state index in [1.165, 1.54) is 30.7 Å². The maximum atomic E-state index is 13.2. The molecule has 0 aliphatic carbocycles. The van der Waals surface area contributed by atoms with Crippen molar-refractivity contribution in [1.82, 2.24) is 10.4 Å². The van der Waals surface area contributed by atoms with Crippen LogP contribution in [0.5, 0.6) is 0 Å². The lowest BCUT2D eigenvalue weighted by molar-refractivity contribution is -0.119. The Labute approximate surface area is 211 Å². The quantitative estimate of drug-likeness (QED) is 0.256. The predicted molar refractivity (Wildman–Crippen MR) is 135 cm³/mol. The van der Waals surface area contributed by atoms with Crippen LogP contribution in [0.2, 0.25) is 10.0 Å². The van der Waals surface area contributed by atoms with E-state index in [1.807, 2.05) is 0 Å². The lowest BCUT2D eigenvalue weighted by atomic mass is 10.2. The summed E-state index contributed by atoms with van der Waals surface area (Å²) in [7, 11) is -4.02. The van der Waals surface area contributed by atoms with E-state index < -0.39 is 22.5 Å². The number of sulfonamides is 1. The van der Waals surface area contributed by atoms with Gasteiger partial charge in [-0.05, 0) is 54.6 Å². The second-order valence-electron chi connectivity index (χ2n) is 7.16. The number of nitrogens with one attached hydrogen (secondary N) is 1. The minimum absolute atomic E-state index is 0.0455. The van der Waals surface area contributed by atoms with Gasteiger partial charge in [0, 0.05) is 16.8 Å². The maximum Gasteiger partial charge on any atom is 0.264 e. The average Bonchev–Trinajstić information content (AvgIpc) is 3.32. The van der Waals surface area contributed by atoms with Gasteiger partial charge in [-0.2, -0.15) is 5.10 Å². The number of nitrogens with zero attached hydrogens (tertiary/aromatic N) is 3. The molecule has 1 amide bonds. The molecule has 0 radical (unpaired) electrons. The number of amides is 1. The standard InChI is InChI=1S/C24H18Cl2N4O4S/c25-17-8-10-21(22(26)13-17)23-11-9-19(34-23)15-28-29-24(31)16-30(18-5-4-12-27-14-18)35(32,33)20-6-2-1-3-7-20/h1-15H,16H2,(H,29,31)/b28-15-. The molecule has 11 heteroatoms. The van der Waals surface area contributed by atoms with Crippen LogP contribution in [0.1, 0.15) is 5.76 Å². The van der Waals surface area contributed by atoms with Crippen LogP contribution in [0.3, 0.4) is 0 Å². The van der Waals surface area contributed by atoms with Crippen molar-refractivity contribution < 1.29 is 17.6 Å². The third-order valence-corrected chi connectivity index (χ3v) is 7.09. The van der Waals surface area contributed by atoms with Gasteiger partial charge in [-0.15, -0.1) is 0 Å². The molecule has 0 aliphatic heterocycles. The first-order valence-electron chi connectivity index (χ1n) is 10.2. The van der Waals surface area contributed by atoms with Crippen molar-refractivity contribution in [2.24, 2.45) is 5.10 Å². The number of hydrazone groups is 1. The van der Waals surface area contributed by atoms with E-state index in [0.717, 1.165) is 4.31 Å². The largest absolute Gasteiger partial charge is 0.455 e. The van der Waals surface area contributed by atoms with E-state index in [2.05, 4.69) is 15.5 Å². The molecule has 0 unspecified atom stereocenters. The molecule has 35 heavy (non-hydrogen) atoms. The molecule has 4 rings (SSSR count). The number of anilines is 1. The van der Waals surface area contributed by atoms with E-state index in [0.29, 0.717) is 27.1 Å². The number of aromatic nitrogens is 1. The number of hydrogen-bond acceptors (Lipinski definition) is 6. The van der Waals surface area contributed by atoms with Gasteiger partial charge in [0.2, 0.25) is 0 Å². The molecule has 0 bridgehead atoms. The Morgan fingerprint density at radius 3 is 2.57 bits per heavy atom. The molecule has 2 heterocycles. The molecule has 8 nitrogen and oxygen atoms in total. The number of hydrogen-bond donors (Lipinski definition) is 1. The Morgan fingerprint density at radius 1 is 1.06 bits per heavy atom. The fourth-order valence-electron chi connectivity index (χ4n) is 3.13. The van der Waals surface area contributed by atoms with Crippen molar-refractivity contribution >= 4 is 51.0 Å². The number of carbonyl (C=O) groups excluding carboxylic acids is 1. The van der Waals surface area contributed by atoms with Crippen LogP contribution < -0.4 is 9.73 Å². The number of halogens is 2. The second-order valence-corrected chi connectivity index (χ2v) is 9.86. The molecule has 0 aliphatic rings. The molecule has 2 aromatic carbocycles. The Morgan fingerprint density at radius 2 is 1.86 bits per heavy atom. The Kier molecular flexibility index (Phi) is 7.50. The van der Waals surface area contributed by atoms with Crippen LogP contribution in [0.4, 0.5) is 5.69 Å². The first-order chi connectivity index (χ1) is 16.8. The fourth-order valence-corrected chi connectivity index (χ4v) is 5.06. The van der Waals surface area contributed by atoms with Crippen molar-refractivity contribution in [3.05, 3.63) is 101 Å². The van der Waals surface area contributed by atoms with E-state index in [-0.39, 0.29) is 10.6 Å². The predicted octanol–water partition coefficient (Wildman–Crippen LogP) is 4.99. The van der Waals surface area contributed by atoms with Gasteiger partial charge < -0.3 is 4.42 Å². The van der Waals surface area contributed by atoms with Crippen LogP contribution >= 0.6 is 23.2 Å². The summed E-state index contributed by atoms with van der Waals surface area (Å²) in [4.78, 5) is 16.6. The van der Waals surface area contributed by atoms with Gasteiger partial charge in [-0.3, -0.25) is 14.1 Å². The van der Waals surface area contributed by atoms with Gasteiger partial charge in [-0.25, -0.2) is 13.8 Å². The fraction of sp³-hybridized carbons (Fsp3) is 0.0417. The Bertz CT molecular complexity index is 1460. The number of pyridine rings is 1. The zero-order chi connectivity index (χ0) is 24.8. The van der Waals surface area contributed by atoms with Gasteiger partial charge in [0.25, 0.3) is 15.9 Å². The van der Waals surface area contributed by atoms with Crippen LogP contribution in [-0.2, 0) is 14.8 Å². The molecule has 2 aromatic heterocycles. The minimum Gasteiger partial charge on any atom is -0.455 e. The average molecular weight is 529 g/mol. The van der Waals surface area contributed by atoms with Crippen molar-refractivity contribution in [3.8, 4) is 11.3 Å². The first-order valence-corrected chi connectivity index (χ1v) is 12.4. The van der Waals surface area contributed by atoms with Gasteiger partial charge in [-0.1, -0.05) is 41.4 Å². The Balaban J connectivity index is 1.47. The highest BCUT2D eigenvalue weighted by atomic mass is 35.5. The summed E-state index contributed by atoms with van der Waals surface area (Å²) < 4.78 is 33.0. The highest BCUT2D eigenvalue weighted by Gasteiger charge is 2.27. The van der Waals surface area contributed by atoms with Gasteiger partial charge >= 0.3 is 0 Å². The molecule has 0 saturated heterocycles. The molecular weight excluding hydrogens is 511 g/mol. The van der Waals surface area contributed by atoms with E-state index in [4.69, 9.17) is 27.6 Å². The summed E-state index contributed by atoms with van der Waals surface area (Å²) in [5.41, 5.74) is 3.22. The SMILES string of the molecule is O=C(CN(c1cccnc1)S(=O)(=O)c1ccccc1)N/N=C\c1ccc(-c2ccc(Cl)cc2Cl)o1. The van der Waals surface area contributed by atoms with Crippen LogP contribution in [0.25, 0.3) is 11.3 Å². The summed E-state index contributed by atoms with van der Waals surface area (Å²) >= 11 is 12.1. The van der Waals surface area contributed by atoms with Gasteiger partial charge in [0.1, 0.15) is 18.1 Å². The molecule has 0 saturated carbocycles. The smallest absolute Gasteiger partial charge is 0.264 e. The highest BCUT2D eigenvalue weighted by molar-refractivity contribution is 7.92. The van der Waals surface area contributed by atoms with Crippen molar-refractivity contribution in [1.29, 1.82) is 0 Å². The molecular formula is C24H18Cl2N4O4S. The maximum absolute atomic E-state index is 13.2.